The highest BCUT2D eigenvalue weighted by Gasteiger charge is 2.21. The lowest BCUT2D eigenvalue weighted by Crippen LogP contribution is -2.39. The Kier molecular flexibility index (Phi) is 6.84. The minimum Gasteiger partial charge on any atom is -0.496 e. The lowest BCUT2D eigenvalue weighted by molar-refractivity contribution is 0.0913. The van der Waals surface area contributed by atoms with Gasteiger partial charge in [0.15, 0.2) is 11.6 Å². The van der Waals surface area contributed by atoms with Gasteiger partial charge in [-0.2, -0.15) is 0 Å². The molecule has 34 heavy (non-hydrogen) atoms. The number of hydrogen-bond acceptors (Lipinski definition) is 4. The van der Waals surface area contributed by atoms with Crippen molar-refractivity contribution in [2.24, 2.45) is 0 Å². The molecule has 176 valence electrons. The third kappa shape index (κ3) is 4.61. The molecule has 0 saturated heterocycles. The number of nitrogens with one attached hydrogen (secondary N) is 2. The van der Waals surface area contributed by atoms with E-state index in [-0.39, 0.29) is 18.3 Å². The largest absolute Gasteiger partial charge is 0.496 e. The molecule has 3 N–H and O–H groups in total. The van der Waals surface area contributed by atoms with Gasteiger partial charge in [0.2, 0.25) is 0 Å². The van der Waals surface area contributed by atoms with E-state index < -0.39 is 11.9 Å². The molecule has 0 bridgehead atoms. The molecule has 0 spiro atoms. The Labute approximate surface area is 197 Å². The fraction of sp³-hybridized carbons (Fsp3) is 0.222. The number of para-hydroxylation sites is 1. The first-order chi connectivity index (χ1) is 16.4. The van der Waals surface area contributed by atoms with Crippen molar-refractivity contribution in [2.45, 2.75) is 19.4 Å². The molecule has 0 fully saturated rings. The zero-order valence-electron chi connectivity index (χ0n) is 19.3. The molecular formula is C27H27FN2O4. The highest BCUT2D eigenvalue weighted by molar-refractivity contribution is 5.99. The number of aliphatic hydroxyl groups is 1. The van der Waals surface area contributed by atoms with Crippen LogP contribution >= 0.6 is 0 Å². The van der Waals surface area contributed by atoms with Gasteiger partial charge in [-0.25, -0.2) is 4.39 Å². The molecule has 0 aliphatic carbocycles. The van der Waals surface area contributed by atoms with E-state index in [2.05, 4.69) is 10.3 Å². The van der Waals surface area contributed by atoms with Gasteiger partial charge in [-0.15, -0.1) is 0 Å². The van der Waals surface area contributed by atoms with Crippen molar-refractivity contribution >= 4 is 16.8 Å². The zero-order valence-corrected chi connectivity index (χ0v) is 19.3. The fourth-order valence-corrected chi connectivity index (χ4v) is 4.22. The first kappa shape index (κ1) is 23.3. The van der Waals surface area contributed by atoms with Crippen LogP contribution in [-0.2, 0) is 6.42 Å². The van der Waals surface area contributed by atoms with Crippen molar-refractivity contribution < 1.29 is 23.8 Å². The van der Waals surface area contributed by atoms with E-state index in [0.29, 0.717) is 28.9 Å². The summed E-state index contributed by atoms with van der Waals surface area (Å²) in [5.41, 5.74) is 4.32. The second kappa shape index (κ2) is 9.97. The van der Waals surface area contributed by atoms with Gasteiger partial charge in [0.25, 0.3) is 5.91 Å². The molecule has 1 heterocycles. The first-order valence-corrected chi connectivity index (χ1v) is 10.9. The highest BCUT2D eigenvalue weighted by Crippen LogP contribution is 2.32. The maximum absolute atomic E-state index is 14.3. The van der Waals surface area contributed by atoms with Gasteiger partial charge in [-0.3, -0.25) is 4.79 Å². The monoisotopic (exact) mass is 462 g/mol. The number of aryl methyl sites for hydroxylation is 1. The van der Waals surface area contributed by atoms with Gasteiger partial charge in [0.1, 0.15) is 5.75 Å². The van der Waals surface area contributed by atoms with E-state index >= 15 is 0 Å². The van der Waals surface area contributed by atoms with Crippen molar-refractivity contribution in [1.82, 2.24) is 10.3 Å². The Bertz CT molecular complexity index is 1330. The van der Waals surface area contributed by atoms with E-state index in [1.54, 1.807) is 18.2 Å². The number of rotatable bonds is 8. The zero-order chi connectivity index (χ0) is 24.2. The van der Waals surface area contributed by atoms with E-state index in [1.807, 2.05) is 43.5 Å². The molecule has 6 nitrogen and oxygen atoms in total. The molecule has 0 radical (unpaired) electrons. The number of aromatic nitrogens is 1. The second-order valence-electron chi connectivity index (χ2n) is 8.14. The number of methoxy groups -OCH3 is 2. The van der Waals surface area contributed by atoms with Crippen LogP contribution < -0.4 is 14.8 Å². The van der Waals surface area contributed by atoms with Gasteiger partial charge in [0, 0.05) is 17.1 Å². The minimum atomic E-state index is -0.501. The summed E-state index contributed by atoms with van der Waals surface area (Å²) in [5, 5.41) is 13.9. The third-order valence-electron chi connectivity index (χ3n) is 5.91. The Morgan fingerprint density at radius 3 is 2.59 bits per heavy atom. The van der Waals surface area contributed by atoms with Crippen LogP contribution in [0.5, 0.6) is 11.5 Å². The number of aromatic amines is 1. The summed E-state index contributed by atoms with van der Waals surface area (Å²) in [6.45, 7) is 1.60. The van der Waals surface area contributed by atoms with Gasteiger partial charge < -0.3 is 24.9 Å². The number of fused-ring (bicyclic) bond motifs is 1. The molecule has 1 atom stereocenters. The quantitative estimate of drug-likeness (QED) is 0.356. The SMILES string of the molecule is COc1ccc(-c2cc(C)c(OC)c(C(=O)N[C@@H](CO)Cc3c[nH]c4ccccc34)c2)cc1F. The number of ether oxygens (including phenoxy) is 2. The molecule has 3 aromatic carbocycles. The minimum absolute atomic E-state index is 0.148. The summed E-state index contributed by atoms with van der Waals surface area (Å²) >= 11 is 0. The highest BCUT2D eigenvalue weighted by atomic mass is 19.1. The number of amides is 1. The van der Waals surface area contributed by atoms with Gasteiger partial charge in [-0.05, 0) is 65.9 Å². The lowest BCUT2D eigenvalue weighted by Gasteiger charge is -2.19. The van der Waals surface area contributed by atoms with Crippen molar-refractivity contribution in [3.63, 3.8) is 0 Å². The molecule has 1 aromatic heterocycles. The third-order valence-corrected chi connectivity index (χ3v) is 5.91. The Hall–Kier alpha value is -3.84. The average Bonchev–Trinajstić information content (AvgIpc) is 3.25. The van der Waals surface area contributed by atoms with Crippen LogP contribution in [0.2, 0.25) is 0 Å². The summed E-state index contributed by atoms with van der Waals surface area (Å²) in [4.78, 5) is 16.5. The number of benzene rings is 3. The number of halogens is 1. The van der Waals surface area contributed by atoms with E-state index in [1.165, 1.54) is 20.3 Å². The van der Waals surface area contributed by atoms with Crippen molar-refractivity contribution in [1.29, 1.82) is 0 Å². The van der Waals surface area contributed by atoms with Gasteiger partial charge in [0.05, 0.1) is 32.4 Å². The Morgan fingerprint density at radius 1 is 1.09 bits per heavy atom. The molecule has 0 saturated carbocycles. The molecule has 1 amide bonds. The summed E-state index contributed by atoms with van der Waals surface area (Å²) < 4.78 is 24.8. The summed E-state index contributed by atoms with van der Waals surface area (Å²) in [5.74, 6) is -0.290. The number of aliphatic hydroxyl groups excluding tert-OH is 1. The summed E-state index contributed by atoms with van der Waals surface area (Å²) in [6.07, 6.45) is 2.35. The van der Waals surface area contributed by atoms with Gasteiger partial charge in [-0.1, -0.05) is 24.3 Å². The smallest absolute Gasteiger partial charge is 0.255 e. The summed E-state index contributed by atoms with van der Waals surface area (Å²) in [7, 11) is 2.91. The van der Waals surface area contributed by atoms with Crippen LogP contribution in [0.25, 0.3) is 22.0 Å². The molecule has 0 aliphatic heterocycles. The molecule has 7 heteroatoms. The van der Waals surface area contributed by atoms with E-state index in [4.69, 9.17) is 9.47 Å². The van der Waals surface area contributed by atoms with Crippen LogP contribution in [0, 0.1) is 12.7 Å². The Balaban J connectivity index is 1.62. The maximum atomic E-state index is 14.3. The molecular weight excluding hydrogens is 435 g/mol. The fourth-order valence-electron chi connectivity index (χ4n) is 4.22. The van der Waals surface area contributed by atoms with Crippen LogP contribution in [-0.4, -0.2) is 42.9 Å². The maximum Gasteiger partial charge on any atom is 0.255 e. The topological polar surface area (TPSA) is 83.6 Å². The van der Waals surface area contributed by atoms with Crippen LogP contribution in [0.1, 0.15) is 21.5 Å². The number of carbonyl (C=O) groups excluding carboxylic acids is 1. The van der Waals surface area contributed by atoms with Crippen LogP contribution in [0.15, 0.2) is 60.8 Å². The van der Waals surface area contributed by atoms with Crippen molar-refractivity contribution in [3.05, 3.63) is 83.3 Å². The number of hydrogen-bond donors (Lipinski definition) is 3. The average molecular weight is 463 g/mol. The summed E-state index contributed by atoms with van der Waals surface area (Å²) in [6, 6.07) is 15.5. The normalized spacial score (nSPS) is 11.9. The molecule has 0 aliphatic rings. The van der Waals surface area contributed by atoms with E-state index in [0.717, 1.165) is 22.0 Å². The van der Waals surface area contributed by atoms with E-state index in [9.17, 15) is 14.3 Å². The van der Waals surface area contributed by atoms with Gasteiger partial charge >= 0.3 is 0 Å². The second-order valence-corrected chi connectivity index (χ2v) is 8.14. The van der Waals surface area contributed by atoms with Crippen molar-refractivity contribution in [3.8, 4) is 22.6 Å². The predicted molar refractivity (Wildman–Crippen MR) is 130 cm³/mol. The Morgan fingerprint density at radius 2 is 1.88 bits per heavy atom. The number of carbonyl (C=O) groups is 1. The van der Waals surface area contributed by atoms with Crippen LogP contribution in [0.3, 0.4) is 0 Å². The predicted octanol–water partition coefficient (Wildman–Crippen LogP) is 4.63. The molecule has 0 unspecified atom stereocenters. The lowest BCUT2D eigenvalue weighted by atomic mass is 9.98. The first-order valence-electron chi connectivity index (χ1n) is 10.9. The molecule has 4 rings (SSSR count). The van der Waals surface area contributed by atoms with Crippen LogP contribution in [0.4, 0.5) is 4.39 Å². The van der Waals surface area contributed by atoms with Crippen molar-refractivity contribution in [2.75, 3.05) is 20.8 Å². The number of H-pyrrole nitrogens is 1. The molecule has 4 aromatic rings. The standard InChI is InChI=1S/C27H27FN2O4/c1-16-10-18(17-8-9-25(33-2)23(28)13-17)12-22(26(16)34-3)27(32)30-20(15-31)11-19-14-29-24-7-5-4-6-21(19)24/h4-10,12-14,20,29,31H,11,15H2,1-3H3,(H,30,32)/t20-/m1/s1.